The monoisotopic (exact) mass is 158 g/mol. The molecule has 0 unspecified atom stereocenters. The summed E-state index contributed by atoms with van der Waals surface area (Å²) in [7, 11) is 0. The minimum absolute atomic E-state index is 0.0347. The van der Waals surface area contributed by atoms with Gasteiger partial charge in [-0.15, -0.1) is 0 Å². The van der Waals surface area contributed by atoms with E-state index in [0.717, 1.165) is 5.54 Å². The van der Waals surface area contributed by atoms with Crippen LogP contribution in [0.15, 0.2) is 11.6 Å². The van der Waals surface area contributed by atoms with Crippen LogP contribution in [0.2, 0.25) is 0 Å². The average molecular weight is 159 g/mol. The van der Waals surface area contributed by atoms with Crippen molar-refractivity contribution >= 4 is 11.6 Å². The van der Waals surface area contributed by atoms with Gasteiger partial charge in [-0.05, 0) is 6.42 Å². The van der Waals surface area contributed by atoms with Gasteiger partial charge in [0.05, 0.1) is 0 Å². The summed E-state index contributed by atoms with van der Waals surface area (Å²) in [6, 6.07) is 0. The van der Waals surface area contributed by atoms with Gasteiger partial charge in [-0.3, -0.25) is 0 Å². The maximum absolute atomic E-state index is 11.3. The van der Waals surface area contributed by atoms with Crippen molar-refractivity contribution in [3.63, 3.8) is 0 Å². The molecule has 0 aromatic rings. The van der Waals surface area contributed by atoms with Gasteiger partial charge in [-0.1, -0.05) is 17.7 Å². The van der Waals surface area contributed by atoms with Gasteiger partial charge >= 0.3 is 6.18 Å². The predicted octanol–water partition coefficient (Wildman–Crippen LogP) is 3.08. The molecular formula is C5H6ClF3. The number of halogens is 4. The number of alkyl halides is 3. The Morgan fingerprint density at radius 3 is 2.22 bits per heavy atom. The Morgan fingerprint density at radius 1 is 1.33 bits per heavy atom. The molecule has 0 aromatic heterocycles. The second kappa shape index (κ2) is 3.77. The molecule has 4 heteroatoms. The minimum Gasteiger partial charge on any atom is -0.171 e. The lowest BCUT2D eigenvalue weighted by atomic mass is 10.3. The van der Waals surface area contributed by atoms with Crippen molar-refractivity contribution < 1.29 is 13.2 Å². The van der Waals surface area contributed by atoms with Gasteiger partial charge in [0.1, 0.15) is 0 Å². The molecule has 0 amide bonds. The van der Waals surface area contributed by atoms with E-state index < -0.39 is 12.6 Å². The second-order valence-corrected chi connectivity index (χ2v) is 1.77. The lowest BCUT2D eigenvalue weighted by Crippen LogP contribution is -2.05. The molecule has 0 nitrogen and oxygen atoms in total. The molecule has 9 heavy (non-hydrogen) atoms. The molecule has 0 aliphatic carbocycles. The molecule has 0 saturated heterocycles. The summed E-state index contributed by atoms with van der Waals surface area (Å²) < 4.78 is 33.9. The summed E-state index contributed by atoms with van der Waals surface area (Å²) in [5.41, 5.74) is 1.09. The van der Waals surface area contributed by atoms with Crippen LogP contribution in [0, 0.1) is 0 Å². The molecule has 0 heterocycles. The van der Waals surface area contributed by atoms with E-state index in [4.69, 9.17) is 11.6 Å². The van der Waals surface area contributed by atoms with Crippen LogP contribution in [0.4, 0.5) is 13.2 Å². The Labute approximate surface area is 56.3 Å². The highest BCUT2D eigenvalue weighted by Gasteiger charge is 2.25. The summed E-state index contributed by atoms with van der Waals surface area (Å²) in [5, 5.41) is 0. The minimum atomic E-state index is -4.06. The van der Waals surface area contributed by atoms with Crippen LogP contribution in [0.5, 0.6) is 0 Å². The first-order chi connectivity index (χ1) is 4.06. The molecular weight excluding hydrogens is 153 g/mol. The van der Waals surface area contributed by atoms with Crippen LogP contribution in [0.25, 0.3) is 0 Å². The summed E-state index contributed by atoms with van der Waals surface area (Å²) >= 11 is 4.98. The van der Waals surface area contributed by atoms with E-state index in [9.17, 15) is 13.2 Å². The van der Waals surface area contributed by atoms with E-state index in [-0.39, 0.29) is 6.42 Å². The first kappa shape index (κ1) is 8.82. The number of allylic oxidation sites excluding steroid dienone is 1. The molecule has 0 saturated carbocycles. The summed E-state index contributed by atoms with van der Waals surface area (Å²) in [4.78, 5) is 0. The molecule has 0 atom stereocenters. The Bertz CT molecular complexity index is 94.9. The lowest BCUT2D eigenvalue weighted by Gasteiger charge is -2.00. The van der Waals surface area contributed by atoms with Crippen molar-refractivity contribution in [2.75, 3.05) is 0 Å². The van der Waals surface area contributed by atoms with Gasteiger partial charge in [0.2, 0.25) is 0 Å². The maximum atomic E-state index is 11.3. The summed E-state index contributed by atoms with van der Waals surface area (Å²) in [6.45, 7) is 0. The third kappa shape index (κ3) is 7.82. The Balaban J connectivity index is 3.28. The van der Waals surface area contributed by atoms with Crippen molar-refractivity contribution in [1.82, 2.24) is 0 Å². The fraction of sp³-hybridized carbons (Fsp3) is 0.600. The molecule has 54 valence electrons. The normalized spacial score (nSPS) is 12.9. The summed E-state index contributed by atoms with van der Waals surface area (Å²) in [6.07, 6.45) is -3.62. The molecule has 0 fully saturated rings. The highest BCUT2D eigenvalue weighted by molar-refractivity contribution is 6.25. The second-order valence-electron chi connectivity index (χ2n) is 1.52. The zero-order valence-corrected chi connectivity index (χ0v) is 5.34. The van der Waals surface area contributed by atoms with E-state index in [1.54, 1.807) is 0 Å². The van der Waals surface area contributed by atoms with Crippen molar-refractivity contribution in [3.05, 3.63) is 11.6 Å². The van der Waals surface area contributed by atoms with Crippen LogP contribution in [-0.4, -0.2) is 6.18 Å². The largest absolute Gasteiger partial charge is 0.389 e. The lowest BCUT2D eigenvalue weighted by molar-refractivity contribution is -0.133. The third-order valence-corrected chi connectivity index (χ3v) is 0.862. The molecule has 0 radical (unpaired) electrons. The zero-order valence-electron chi connectivity index (χ0n) is 4.58. The average Bonchev–Trinajstić information content (AvgIpc) is 1.63. The van der Waals surface area contributed by atoms with Crippen LogP contribution in [0.3, 0.4) is 0 Å². The van der Waals surface area contributed by atoms with E-state index in [0.29, 0.717) is 0 Å². The van der Waals surface area contributed by atoms with Crippen LogP contribution >= 0.6 is 11.6 Å². The quantitative estimate of drug-likeness (QED) is 0.579. The van der Waals surface area contributed by atoms with Crippen molar-refractivity contribution in [1.29, 1.82) is 0 Å². The third-order valence-electron chi connectivity index (χ3n) is 0.684. The molecule has 0 N–H and O–H groups in total. The standard InChI is InChI=1S/C5H6ClF3/c6-4-2-1-3-5(7,8)9/h2,4H,1,3H2/b4-2+. The van der Waals surface area contributed by atoms with Gasteiger partial charge in [0.25, 0.3) is 0 Å². The Hall–Kier alpha value is -0.180. The highest BCUT2D eigenvalue weighted by atomic mass is 35.5. The van der Waals surface area contributed by atoms with E-state index in [2.05, 4.69) is 0 Å². The van der Waals surface area contributed by atoms with Crippen LogP contribution in [0.1, 0.15) is 12.8 Å². The van der Waals surface area contributed by atoms with E-state index in [1.165, 1.54) is 6.08 Å². The smallest absolute Gasteiger partial charge is 0.171 e. The number of hydrogen-bond acceptors (Lipinski definition) is 0. The molecule has 0 spiro atoms. The number of hydrogen-bond donors (Lipinski definition) is 0. The Kier molecular flexibility index (Phi) is 3.70. The van der Waals surface area contributed by atoms with E-state index in [1.807, 2.05) is 0 Å². The van der Waals surface area contributed by atoms with Crippen molar-refractivity contribution in [2.45, 2.75) is 19.0 Å². The SMILES string of the molecule is FC(F)(F)CC/C=C/Cl. The van der Waals surface area contributed by atoms with Gasteiger partial charge in [0, 0.05) is 12.0 Å². The van der Waals surface area contributed by atoms with Crippen LogP contribution < -0.4 is 0 Å². The number of rotatable bonds is 2. The van der Waals surface area contributed by atoms with Gasteiger partial charge in [-0.25, -0.2) is 0 Å². The van der Waals surface area contributed by atoms with Crippen molar-refractivity contribution in [3.8, 4) is 0 Å². The fourth-order valence-corrected chi connectivity index (χ4v) is 0.436. The molecule has 0 bridgehead atoms. The zero-order chi connectivity index (χ0) is 7.33. The molecule has 0 aliphatic heterocycles. The molecule has 0 aliphatic rings. The first-order valence-electron chi connectivity index (χ1n) is 2.38. The summed E-state index contributed by atoms with van der Waals surface area (Å²) in [5.74, 6) is 0. The molecule has 0 rings (SSSR count). The van der Waals surface area contributed by atoms with Gasteiger partial charge in [-0.2, -0.15) is 13.2 Å². The fourth-order valence-electron chi connectivity index (χ4n) is 0.310. The Morgan fingerprint density at radius 2 is 1.89 bits per heavy atom. The topological polar surface area (TPSA) is 0 Å². The highest BCUT2D eigenvalue weighted by Crippen LogP contribution is 2.21. The van der Waals surface area contributed by atoms with Gasteiger partial charge < -0.3 is 0 Å². The van der Waals surface area contributed by atoms with Crippen LogP contribution in [-0.2, 0) is 0 Å². The van der Waals surface area contributed by atoms with Gasteiger partial charge in [0.15, 0.2) is 0 Å². The first-order valence-corrected chi connectivity index (χ1v) is 2.82. The predicted molar refractivity (Wildman–Crippen MR) is 30.3 cm³/mol. The maximum Gasteiger partial charge on any atom is 0.389 e. The molecule has 0 aromatic carbocycles. The van der Waals surface area contributed by atoms with E-state index >= 15 is 0 Å². The van der Waals surface area contributed by atoms with Crippen molar-refractivity contribution in [2.24, 2.45) is 0 Å².